The van der Waals surface area contributed by atoms with Crippen LogP contribution >= 0.6 is 0 Å². The molecule has 8 nitrogen and oxygen atoms in total. The molecule has 0 spiro atoms. The third-order valence-electron chi connectivity index (χ3n) is 4.88. The quantitative estimate of drug-likeness (QED) is 0.712. The number of rotatable bonds is 5. The van der Waals surface area contributed by atoms with Crippen LogP contribution in [0.3, 0.4) is 0 Å². The molecule has 0 unspecified atom stereocenters. The van der Waals surface area contributed by atoms with Crippen molar-refractivity contribution in [2.75, 3.05) is 38.7 Å². The van der Waals surface area contributed by atoms with Crippen molar-refractivity contribution in [1.29, 1.82) is 0 Å². The number of pyridine rings is 1. The van der Waals surface area contributed by atoms with Gasteiger partial charge in [-0.2, -0.15) is 0 Å². The Bertz CT molecular complexity index is 1010. The predicted octanol–water partition coefficient (Wildman–Crippen LogP) is 2.36. The van der Waals surface area contributed by atoms with E-state index in [1.54, 1.807) is 24.2 Å². The van der Waals surface area contributed by atoms with Gasteiger partial charge in [0.2, 0.25) is 11.8 Å². The van der Waals surface area contributed by atoms with Crippen molar-refractivity contribution in [3.05, 3.63) is 42.7 Å². The van der Waals surface area contributed by atoms with E-state index in [2.05, 4.69) is 20.3 Å². The summed E-state index contributed by atoms with van der Waals surface area (Å²) in [6.07, 6.45) is 3.06. The van der Waals surface area contributed by atoms with Crippen LogP contribution in [-0.2, 0) is 9.53 Å². The molecule has 1 fully saturated rings. The van der Waals surface area contributed by atoms with Gasteiger partial charge in [0, 0.05) is 44.2 Å². The zero-order valence-electron chi connectivity index (χ0n) is 16.5. The lowest BCUT2D eigenvalue weighted by molar-refractivity contribution is -0.137. The number of carbonyl (C=O) groups is 1. The number of ether oxygens (including phenoxy) is 2. The van der Waals surface area contributed by atoms with Crippen LogP contribution in [0.1, 0.15) is 6.92 Å². The Morgan fingerprint density at radius 2 is 2.07 bits per heavy atom. The number of benzene rings is 1. The van der Waals surface area contributed by atoms with E-state index in [-0.39, 0.29) is 18.6 Å². The van der Waals surface area contributed by atoms with Gasteiger partial charge < -0.3 is 19.7 Å². The van der Waals surface area contributed by atoms with Crippen LogP contribution in [-0.4, -0.2) is 65.2 Å². The van der Waals surface area contributed by atoms with Crippen molar-refractivity contribution in [2.45, 2.75) is 13.0 Å². The number of morpholine rings is 1. The number of carbonyl (C=O) groups excluding carboxylic acids is 1. The summed E-state index contributed by atoms with van der Waals surface area (Å²) in [6, 6.07) is 9.87. The molecule has 0 bridgehead atoms. The van der Waals surface area contributed by atoms with E-state index < -0.39 is 0 Å². The fraction of sp³-hybridized carbons (Fsp3) is 0.333. The molecule has 3 aromatic rings. The summed E-state index contributed by atoms with van der Waals surface area (Å²) in [5.41, 5.74) is 4.04. The van der Waals surface area contributed by atoms with Crippen LogP contribution < -0.4 is 10.1 Å². The molecule has 1 aliphatic heterocycles. The summed E-state index contributed by atoms with van der Waals surface area (Å²) in [7, 11) is 1.88. The molecular formula is C21H23N5O3. The maximum absolute atomic E-state index is 11.6. The number of hydrogen-bond donors (Lipinski definition) is 1. The molecule has 29 heavy (non-hydrogen) atoms. The number of aromatic nitrogens is 3. The first-order chi connectivity index (χ1) is 14.1. The second-order valence-corrected chi connectivity index (χ2v) is 6.83. The number of anilines is 1. The van der Waals surface area contributed by atoms with Crippen LogP contribution in [0.15, 0.2) is 42.7 Å². The van der Waals surface area contributed by atoms with E-state index in [1.165, 1.54) is 0 Å². The standard InChI is InChI=1S/C21H23N5O3/c1-14(27)26-9-10-28-17(12-26)13-29-21-20-19(23-7-8-24-20)11-18(25-21)15-3-5-16(22-2)6-4-15/h3-8,11,17,22H,9-10,12-13H2,1-2H3/t17-/m0/s1. The monoisotopic (exact) mass is 393 g/mol. The van der Waals surface area contributed by atoms with Crippen molar-refractivity contribution in [2.24, 2.45) is 0 Å². The normalized spacial score (nSPS) is 16.6. The molecule has 1 atom stereocenters. The highest BCUT2D eigenvalue weighted by atomic mass is 16.5. The van der Waals surface area contributed by atoms with Gasteiger partial charge in [0.15, 0.2) is 5.52 Å². The summed E-state index contributed by atoms with van der Waals surface area (Å²) in [5, 5.41) is 3.11. The van der Waals surface area contributed by atoms with E-state index in [9.17, 15) is 4.79 Å². The fourth-order valence-corrected chi connectivity index (χ4v) is 3.28. The number of nitrogens with zero attached hydrogens (tertiary/aromatic N) is 4. The van der Waals surface area contributed by atoms with Crippen molar-refractivity contribution in [3.63, 3.8) is 0 Å². The van der Waals surface area contributed by atoms with Crippen LogP contribution in [0.5, 0.6) is 5.88 Å². The Labute approximate surface area is 168 Å². The molecule has 1 aliphatic rings. The maximum Gasteiger partial charge on any atom is 0.242 e. The topological polar surface area (TPSA) is 89.5 Å². The Morgan fingerprint density at radius 3 is 2.83 bits per heavy atom. The summed E-state index contributed by atoms with van der Waals surface area (Å²) in [6.45, 7) is 3.46. The summed E-state index contributed by atoms with van der Waals surface area (Å²) < 4.78 is 11.7. The average Bonchev–Trinajstić information content (AvgIpc) is 2.77. The highest BCUT2D eigenvalue weighted by Gasteiger charge is 2.23. The van der Waals surface area contributed by atoms with Gasteiger partial charge in [-0.3, -0.25) is 9.78 Å². The zero-order valence-corrected chi connectivity index (χ0v) is 16.5. The minimum absolute atomic E-state index is 0.0414. The maximum atomic E-state index is 11.6. The lowest BCUT2D eigenvalue weighted by atomic mass is 10.1. The van der Waals surface area contributed by atoms with Crippen molar-refractivity contribution < 1.29 is 14.3 Å². The second-order valence-electron chi connectivity index (χ2n) is 6.83. The van der Waals surface area contributed by atoms with E-state index in [0.717, 1.165) is 16.9 Å². The third kappa shape index (κ3) is 4.27. The third-order valence-corrected chi connectivity index (χ3v) is 4.88. The smallest absolute Gasteiger partial charge is 0.242 e. The predicted molar refractivity (Wildman–Crippen MR) is 110 cm³/mol. The molecule has 2 aromatic heterocycles. The summed E-state index contributed by atoms with van der Waals surface area (Å²) >= 11 is 0. The number of nitrogens with one attached hydrogen (secondary N) is 1. The van der Waals surface area contributed by atoms with E-state index in [1.807, 2.05) is 37.4 Å². The lowest BCUT2D eigenvalue weighted by Crippen LogP contribution is -2.46. The van der Waals surface area contributed by atoms with Gasteiger partial charge in [0.05, 0.1) is 24.4 Å². The van der Waals surface area contributed by atoms with Gasteiger partial charge >= 0.3 is 0 Å². The highest BCUT2D eigenvalue weighted by Crippen LogP contribution is 2.28. The Morgan fingerprint density at radius 1 is 1.28 bits per heavy atom. The second kappa shape index (κ2) is 8.40. The van der Waals surface area contributed by atoms with Crippen LogP contribution in [0.2, 0.25) is 0 Å². The molecule has 1 amide bonds. The Hall–Kier alpha value is -3.26. The average molecular weight is 393 g/mol. The summed E-state index contributed by atoms with van der Waals surface area (Å²) in [4.78, 5) is 26.9. The van der Waals surface area contributed by atoms with Crippen LogP contribution in [0.25, 0.3) is 22.3 Å². The number of hydrogen-bond acceptors (Lipinski definition) is 7. The molecule has 3 heterocycles. The molecule has 1 N–H and O–H groups in total. The van der Waals surface area contributed by atoms with Crippen LogP contribution in [0, 0.1) is 0 Å². The first-order valence-electron chi connectivity index (χ1n) is 9.54. The molecule has 0 saturated carbocycles. The Balaban J connectivity index is 1.60. The van der Waals surface area contributed by atoms with E-state index in [4.69, 9.17) is 9.47 Å². The van der Waals surface area contributed by atoms with E-state index in [0.29, 0.717) is 36.6 Å². The van der Waals surface area contributed by atoms with Gasteiger partial charge in [0.25, 0.3) is 0 Å². The number of amides is 1. The number of fused-ring (bicyclic) bond motifs is 1. The largest absolute Gasteiger partial charge is 0.473 e. The SMILES string of the molecule is CNc1ccc(-c2cc3nccnc3c(OC[C@@H]3CN(C(C)=O)CCO3)n2)cc1. The zero-order chi connectivity index (χ0) is 20.2. The van der Waals surface area contributed by atoms with Gasteiger partial charge in [-0.05, 0) is 18.2 Å². The minimum Gasteiger partial charge on any atom is -0.473 e. The van der Waals surface area contributed by atoms with Gasteiger partial charge in [-0.15, -0.1) is 0 Å². The van der Waals surface area contributed by atoms with Crippen molar-refractivity contribution in [1.82, 2.24) is 19.9 Å². The van der Waals surface area contributed by atoms with Gasteiger partial charge in [0.1, 0.15) is 12.7 Å². The molecule has 4 rings (SSSR count). The molecule has 150 valence electrons. The van der Waals surface area contributed by atoms with Crippen molar-refractivity contribution >= 4 is 22.6 Å². The first kappa shape index (κ1) is 19.1. The van der Waals surface area contributed by atoms with E-state index >= 15 is 0 Å². The molecular weight excluding hydrogens is 370 g/mol. The first-order valence-corrected chi connectivity index (χ1v) is 9.54. The van der Waals surface area contributed by atoms with Crippen LogP contribution in [0.4, 0.5) is 5.69 Å². The lowest BCUT2D eigenvalue weighted by Gasteiger charge is -2.32. The highest BCUT2D eigenvalue weighted by molar-refractivity contribution is 5.83. The van der Waals surface area contributed by atoms with Crippen molar-refractivity contribution in [3.8, 4) is 17.1 Å². The van der Waals surface area contributed by atoms with Gasteiger partial charge in [-0.25, -0.2) is 9.97 Å². The molecule has 1 aromatic carbocycles. The Kier molecular flexibility index (Phi) is 5.53. The molecule has 0 aliphatic carbocycles. The molecule has 0 radical (unpaired) electrons. The fourth-order valence-electron chi connectivity index (χ4n) is 3.28. The molecule has 1 saturated heterocycles. The minimum atomic E-state index is -0.209. The molecule has 8 heteroatoms. The van der Waals surface area contributed by atoms with Gasteiger partial charge in [-0.1, -0.05) is 12.1 Å². The summed E-state index contributed by atoms with van der Waals surface area (Å²) in [5.74, 6) is 0.451.